The number of carbonyl (C=O) groups excluding carboxylic acids is 1. The van der Waals surface area contributed by atoms with E-state index in [9.17, 15) is 14.9 Å². The van der Waals surface area contributed by atoms with Gasteiger partial charge in [-0.3, -0.25) is 14.9 Å². The molecule has 0 aromatic heterocycles. The zero-order chi connectivity index (χ0) is 16.3. The fourth-order valence-electron chi connectivity index (χ4n) is 1.78. The van der Waals surface area contributed by atoms with E-state index in [0.29, 0.717) is 21.4 Å². The minimum Gasteiger partial charge on any atom is -0.489 e. The number of halogens is 2. The summed E-state index contributed by atoms with van der Waals surface area (Å²) in [4.78, 5) is 21.6. The van der Waals surface area contributed by atoms with Gasteiger partial charge in [-0.05, 0) is 30.3 Å². The van der Waals surface area contributed by atoms with Crippen molar-refractivity contribution in [3.8, 4) is 5.75 Å². The highest BCUT2D eigenvalue weighted by atomic mass is 35.5. The first kappa shape index (κ1) is 16.1. The van der Waals surface area contributed by atoms with Gasteiger partial charge < -0.3 is 10.5 Å². The Labute approximate surface area is 135 Å². The lowest BCUT2D eigenvalue weighted by Crippen LogP contribution is -2.12. The van der Waals surface area contributed by atoms with E-state index in [1.54, 1.807) is 6.07 Å². The van der Waals surface area contributed by atoms with Crippen LogP contribution in [0.25, 0.3) is 0 Å². The molecule has 114 valence electrons. The fourth-order valence-corrected chi connectivity index (χ4v) is 2.29. The van der Waals surface area contributed by atoms with E-state index in [4.69, 9.17) is 33.7 Å². The van der Waals surface area contributed by atoms with Gasteiger partial charge in [0.15, 0.2) is 0 Å². The molecule has 0 atom stereocenters. The van der Waals surface area contributed by atoms with Crippen molar-refractivity contribution in [2.24, 2.45) is 5.73 Å². The van der Waals surface area contributed by atoms with Gasteiger partial charge in [0.05, 0.1) is 10.5 Å². The van der Waals surface area contributed by atoms with Gasteiger partial charge in [0.1, 0.15) is 12.4 Å². The second-order valence-electron chi connectivity index (χ2n) is 4.36. The number of nitro benzene ring substituents is 1. The number of hydrogen-bond donors (Lipinski definition) is 1. The summed E-state index contributed by atoms with van der Waals surface area (Å²) in [7, 11) is 0. The number of rotatable bonds is 5. The Hall–Kier alpha value is -2.31. The second kappa shape index (κ2) is 6.64. The van der Waals surface area contributed by atoms with Crippen LogP contribution in [0.2, 0.25) is 10.0 Å². The minimum atomic E-state index is -0.739. The third kappa shape index (κ3) is 3.87. The predicted molar refractivity (Wildman–Crippen MR) is 82.4 cm³/mol. The number of nitro groups is 1. The maximum Gasteiger partial charge on any atom is 0.276 e. The van der Waals surface area contributed by atoms with Crippen LogP contribution < -0.4 is 10.5 Å². The fraction of sp³-hybridized carbons (Fsp3) is 0.0714. The van der Waals surface area contributed by atoms with Gasteiger partial charge >= 0.3 is 0 Å². The standard InChI is InChI=1S/C14H10Cl2N2O4/c15-10-4-11(16)6-12(5-10)22-7-9-2-1-8(14(17)19)3-13(9)18(20)21/h1-6H,7H2,(H2,17,19). The smallest absolute Gasteiger partial charge is 0.276 e. The molecule has 0 bridgehead atoms. The van der Waals surface area contributed by atoms with Gasteiger partial charge in [0, 0.05) is 21.7 Å². The molecule has 0 fully saturated rings. The molecule has 0 spiro atoms. The number of nitrogens with zero attached hydrogens (tertiary/aromatic N) is 1. The van der Waals surface area contributed by atoms with Gasteiger partial charge in [-0.15, -0.1) is 0 Å². The Morgan fingerprint density at radius 1 is 1.18 bits per heavy atom. The molecule has 0 aliphatic carbocycles. The quantitative estimate of drug-likeness (QED) is 0.664. The van der Waals surface area contributed by atoms with E-state index < -0.39 is 10.8 Å². The average molecular weight is 341 g/mol. The molecule has 2 aromatic carbocycles. The first-order chi connectivity index (χ1) is 10.4. The molecule has 0 aliphatic heterocycles. The van der Waals surface area contributed by atoms with Gasteiger partial charge in [0.2, 0.25) is 5.91 Å². The molecule has 0 radical (unpaired) electrons. The Balaban J connectivity index is 2.25. The summed E-state index contributed by atoms with van der Waals surface area (Å²) in [5.74, 6) is -0.358. The van der Waals surface area contributed by atoms with E-state index in [2.05, 4.69) is 0 Å². The topological polar surface area (TPSA) is 95.5 Å². The summed E-state index contributed by atoms with van der Waals surface area (Å²) in [6, 6.07) is 8.56. The Morgan fingerprint density at radius 3 is 2.36 bits per heavy atom. The predicted octanol–water partition coefficient (Wildman–Crippen LogP) is 3.58. The molecule has 2 rings (SSSR count). The van der Waals surface area contributed by atoms with Gasteiger partial charge in [-0.2, -0.15) is 0 Å². The molecular weight excluding hydrogens is 331 g/mol. The summed E-state index contributed by atoms with van der Waals surface area (Å²) in [5.41, 5.74) is 5.22. The highest BCUT2D eigenvalue weighted by Gasteiger charge is 2.17. The number of primary amides is 1. The normalized spacial score (nSPS) is 10.3. The maximum atomic E-state index is 11.1. The van der Waals surface area contributed by atoms with Gasteiger partial charge in [-0.25, -0.2) is 0 Å². The third-order valence-electron chi connectivity index (χ3n) is 2.80. The summed E-state index contributed by atoms with van der Waals surface area (Å²) in [5, 5.41) is 11.9. The van der Waals surface area contributed by atoms with Crippen LogP contribution in [0.3, 0.4) is 0 Å². The summed E-state index contributed by atoms with van der Waals surface area (Å²) < 4.78 is 5.46. The van der Waals surface area contributed by atoms with Gasteiger partial charge in [0.25, 0.3) is 5.69 Å². The Morgan fingerprint density at radius 2 is 1.82 bits per heavy atom. The highest BCUT2D eigenvalue weighted by Crippen LogP contribution is 2.26. The number of hydrogen-bond acceptors (Lipinski definition) is 4. The number of nitrogens with two attached hydrogens (primary N) is 1. The van der Waals surface area contributed by atoms with Crippen LogP contribution in [-0.2, 0) is 6.61 Å². The van der Waals surface area contributed by atoms with E-state index in [1.807, 2.05) is 0 Å². The Bertz CT molecular complexity index is 729. The summed E-state index contributed by atoms with van der Waals surface area (Å²) in [6.07, 6.45) is 0. The van der Waals surface area contributed by atoms with Crippen molar-refractivity contribution in [1.82, 2.24) is 0 Å². The van der Waals surface area contributed by atoms with Crippen LogP contribution in [0.1, 0.15) is 15.9 Å². The molecule has 22 heavy (non-hydrogen) atoms. The minimum absolute atomic E-state index is 0.0567. The first-order valence-electron chi connectivity index (χ1n) is 6.03. The van der Waals surface area contributed by atoms with Crippen molar-refractivity contribution in [3.05, 3.63) is 67.7 Å². The first-order valence-corrected chi connectivity index (χ1v) is 6.78. The average Bonchev–Trinajstić information content (AvgIpc) is 2.43. The number of ether oxygens (including phenoxy) is 1. The SMILES string of the molecule is NC(=O)c1ccc(COc2cc(Cl)cc(Cl)c2)c([N+](=O)[O-])c1. The lowest BCUT2D eigenvalue weighted by atomic mass is 10.1. The van der Waals surface area contributed by atoms with Crippen molar-refractivity contribution >= 4 is 34.8 Å². The van der Waals surface area contributed by atoms with Crippen molar-refractivity contribution in [2.75, 3.05) is 0 Å². The number of carbonyl (C=O) groups is 1. The van der Waals surface area contributed by atoms with Crippen LogP contribution in [0, 0.1) is 10.1 Å². The molecule has 0 saturated heterocycles. The maximum absolute atomic E-state index is 11.1. The summed E-state index contributed by atoms with van der Waals surface area (Å²) in [6.45, 7) is -0.0774. The Kier molecular flexibility index (Phi) is 4.85. The zero-order valence-corrected chi connectivity index (χ0v) is 12.6. The van der Waals surface area contributed by atoms with E-state index in [-0.39, 0.29) is 17.9 Å². The molecule has 2 N–H and O–H groups in total. The van der Waals surface area contributed by atoms with Crippen LogP contribution in [0.5, 0.6) is 5.75 Å². The van der Waals surface area contributed by atoms with Crippen molar-refractivity contribution in [3.63, 3.8) is 0 Å². The van der Waals surface area contributed by atoms with Crippen LogP contribution in [0.4, 0.5) is 5.69 Å². The van der Waals surface area contributed by atoms with Gasteiger partial charge in [-0.1, -0.05) is 23.2 Å². The van der Waals surface area contributed by atoms with E-state index in [1.165, 1.54) is 24.3 Å². The number of amides is 1. The molecule has 1 amide bonds. The molecule has 0 saturated carbocycles. The molecule has 6 nitrogen and oxygen atoms in total. The van der Waals surface area contributed by atoms with Crippen LogP contribution in [0.15, 0.2) is 36.4 Å². The monoisotopic (exact) mass is 340 g/mol. The molecular formula is C14H10Cl2N2O4. The van der Waals surface area contributed by atoms with E-state index in [0.717, 1.165) is 6.07 Å². The lowest BCUT2D eigenvalue weighted by Gasteiger charge is -2.08. The molecule has 0 aliphatic rings. The molecule has 2 aromatic rings. The second-order valence-corrected chi connectivity index (χ2v) is 5.23. The number of benzene rings is 2. The van der Waals surface area contributed by atoms with Crippen molar-refractivity contribution < 1.29 is 14.5 Å². The van der Waals surface area contributed by atoms with Crippen molar-refractivity contribution in [2.45, 2.75) is 6.61 Å². The molecule has 0 unspecified atom stereocenters. The largest absolute Gasteiger partial charge is 0.489 e. The zero-order valence-electron chi connectivity index (χ0n) is 11.1. The van der Waals surface area contributed by atoms with Crippen LogP contribution >= 0.6 is 23.2 Å². The van der Waals surface area contributed by atoms with E-state index >= 15 is 0 Å². The highest BCUT2D eigenvalue weighted by molar-refractivity contribution is 6.34. The van der Waals surface area contributed by atoms with Crippen molar-refractivity contribution in [1.29, 1.82) is 0 Å². The summed E-state index contributed by atoms with van der Waals surface area (Å²) >= 11 is 11.7. The lowest BCUT2D eigenvalue weighted by molar-refractivity contribution is -0.385. The van der Waals surface area contributed by atoms with Crippen LogP contribution in [-0.4, -0.2) is 10.8 Å². The molecule has 8 heteroatoms. The molecule has 0 heterocycles. The third-order valence-corrected chi connectivity index (χ3v) is 3.23.